The van der Waals surface area contributed by atoms with Crippen molar-refractivity contribution in [2.45, 2.75) is 46.5 Å². The van der Waals surface area contributed by atoms with E-state index >= 15 is 0 Å². The molecule has 9 nitrogen and oxygen atoms in total. The summed E-state index contributed by atoms with van der Waals surface area (Å²) in [4.78, 5) is 26.0. The van der Waals surface area contributed by atoms with Crippen LogP contribution in [0.3, 0.4) is 0 Å². The van der Waals surface area contributed by atoms with Crippen LogP contribution >= 0.6 is 0 Å². The molecule has 0 bridgehead atoms. The van der Waals surface area contributed by atoms with E-state index < -0.39 is 5.91 Å². The van der Waals surface area contributed by atoms with Gasteiger partial charge >= 0.3 is 0 Å². The van der Waals surface area contributed by atoms with Crippen molar-refractivity contribution in [3.8, 4) is 11.5 Å². The highest BCUT2D eigenvalue weighted by Gasteiger charge is 2.28. The summed E-state index contributed by atoms with van der Waals surface area (Å²) in [5.74, 6) is 1.33. The highest BCUT2D eigenvalue weighted by molar-refractivity contribution is 6.09. The second-order valence-electron chi connectivity index (χ2n) is 9.64. The van der Waals surface area contributed by atoms with Crippen LogP contribution in [0.2, 0.25) is 0 Å². The van der Waals surface area contributed by atoms with Gasteiger partial charge in [-0.05, 0) is 56.9 Å². The van der Waals surface area contributed by atoms with Gasteiger partial charge < -0.3 is 23.6 Å². The molecular weight excluding hydrogens is 498 g/mol. The molecule has 1 aliphatic carbocycles. The molecule has 2 heterocycles. The van der Waals surface area contributed by atoms with E-state index in [-0.39, 0.29) is 18.1 Å². The largest absolute Gasteiger partial charge is 0.497 e. The first-order valence-corrected chi connectivity index (χ1v) is 12.8. The van der Waals surface area contributed by atoms with E-state index in [9.17, 15) is 9.59 Å². The number of nitrogens with one attached hydrogen (secondary N) is 2. The quantitative estimate of drug-likeness (QED) is 0.300. The number of fused-ring (bicyclic) bond motifs is 2. The fourth-order valence-electron chi connectivity index (χ4n) is 4.95. The van der Waals surface area contributed by atoms with E-state index in [2.05, 4.69) is 15.8 Å². The highest BCUT2D eigenvalue weighted by Crippen LogP contribution is 2.33. The third-order valence-corrected chi connectivity index (χ3v) is 7.20. The Bertz CT molecular complexity index is 1610. The predicted octanol–water partition coefficient (Wildman–Crippen LogP) is 5.62. The van der Waals surface area contributed by atoms with Gasteiger partial charge in [-0.3, -0.25) is 9.59 Å². The summed E-state index contributed by atoms with van der Waals surface area (Å²) >= 11 is 0. The van der Waals surface area contributed by atoms with Crippen LogP contribution in [0.5, 0.6) is 11.5 Å². The number of hydrazone groups is 1. The van der Waals surface area contributed by atoms with Gasteiger partial charge in [0.05, 0.1) is 38.3 Å². The molecule has 39 heavy (non-hydrogen) atoms. The summed E-state index contributed by atoms with van der Waals surface area (Å²) < 4.78 is 22.3. The van der Waals surface area contributed by atoms with Crippen molar-refractivity contribution in [1.29, 1.82) is 0 Å². The van der Waals surface area contributed by atoms with E-state index in [0.717, 1.165) is 39.6 Å². The molecule has 2 aromatic heterocycles. The lowest BCUT2D eigenvalue weighted by molar-refractivity contribution is -0.120. The first-order chi connectivity index (χ1) is 18.8. The van der Waals surface area contributed by atoms with E-state index in [1.54, 1.807) is 31.6 Å². The molecule has 0 radical (unpaired) electrons. The average Bonchev–Trinajstić information content (AvgIpc) is 3.51. The number of furan rings is 2. The normalized spacial score (nSPS) is 13.8. The summed E-state index contributed by atoms with van der Waals surface area (Å²) in [6.45, 7) is 5.86. The molecule has 5 rings (SSSR count). The second-order valence-corrected chi connectivity index (χ2v) is 9.64. The molecule has 0 saturated heterocycles. The van der Waals surface area contributed by atoms with Crippen molar-refractivity contribution in [3.63, 3.8) is 0 Å². The SMILES string of the molecule is COc1ccc(NC(=O)c2oc3c(c2C)/C(=N/NC(=O)Cc2coc4c(C)c(C)ccc24)CCC3)c(OC)c1. The van der Waals surface area contributed by atoms with Gasteiger partial charge in [0.15, 0.2) is 5.76 Å². The smallest absolute Gasteiger partial charge is 0.291 e. The van der Waals surface area contributed by atoms with Crippen molar-refractivity contribution >= 4 is 34.2 Å². The van der Waals surface area contributed by atoms with Crippen molar-refractivity contribution in [2.75, 3.05) is 19.5 Å². The maximum Gasteiger partial charge on any atom is 0.291 e. The Morgan fingerprint density at radius 2 is 1.85 bits per heavy atom. The lowest BCUT2D eigenvalue weighted by Crippen LogP contribution is -2.23. The van der Waals surface area contributed by atoms with Gasteiger partial charge in [-0.15, -0.1) is 0 Å². The van der Waals surface area contributed by atoms with Gasteiger partial charge in [-0.1, -0.05) is 12.1 Å². The molecule has 202 valence electrons. The molecule has 0 fully saturated rings. The zero-order chi connectivity index (χ0) is 27.7. The number of aryl methyl sites for hydroxylation is 3. The Kier molecular flexibility index (Phi) is 7.15. The van der Waals surface area contributed by atoms with E-state index in [1.807, 2.05) is 32.9 Å². The summed E-state index contributed by atoms with van der Waals surface area (Å²) in [7, 11) is 3.09. The third-order valence-electron chi connectivity index (χ3n) is 7.20. The fourth-order valence-corrected chi connectivity index (χ4v) is 4.95. The molecule has 0 unspecified atom stereocenters. The molecule has 4 aromatic rings. The number of nitrogens with zero attached hydrogens (tertiary/aromatic N) is 1. The highest BCUT2D eigenvalue weighted by atomic mass is 16.5. The molecule has 0 aliphatic heterocycles. The Labute approximate surface area is 226 Å². The molecular formula is C30H31N3O6. The number of rotatable bonds is 7. The number of carbonyl (C=O) groups is 2. The molecule has 0 spiro atoms. The van der Waals surface area contributed by atoms with Crippen LogP contribution in [0.25, 0.3) is 11.0 Å². The van der Waals surface area contributed by atoms with Crippen LogP contribution in [-0.2, 0) is 17.6 Å². The molecule has 0 saturated carbocycles. The van der Waals surface area contributed by atoms with Crippen molar-refractivity contribution in [3.05, 3.63) is 75.9 Å². The number of hydrogen-bond donors (Lipinski definition) is 2. The minimum Gasteiger partial charge on any atom is -0.497 e. The van der Waals surface area contributed by atoms with Gasteiger partial charge in [-0.25, -0.2) is 5.43 Å². The molecule has 9 heteroatoms. The van der Waals surface area contributed by atoms with E-state index in [0.29, 0.717) is 47.1 Å². The summed E-state index contributed by atoms with van der Waals surface area (Å²) in [5, 5.41) is 8.23. The Balaban J connectivity index is 1.33. The van der Waals surface area contributed by atoms with Crippen molar-refractivity contribution in [1.82, 2.24) is 5.43 Å². The van der Waals surface area contributed by atoms with Crippen LogP contribution in [0.15, 0.2) is 50.5 Å². The summed E-state index contributed by atoms with van der Waals surface area (Å²) in [6.07, 6.45) is 3.91. The number of carbonyl (C=O) groups excluding carboxylic acids is 2. The second kappa shape index (κ2) is 10.7. The standard InChI is InChI=1S/C30H31N3O6/c1-16-9-11-21-19(15-38-28(21)17(16)2)13-26(34)33-32-23-7-6-8-24-27(23)18(3)29(39-24)30(35)31-22-12-10-20(36-4)14-25(22)37-5/h9-12,14-15H,6-8,13H2,1-5H3,(H,31,35)(H,33,34)/b32-23+. The molecule has 1 aliphatic rings. The van der Waals surface area contributed by atoms with Crippen LogP contribution in [-0.4, -0.2) is 31.7 Å². The maximum atomic E-state index is 13.2. The molecule has 2 amide bonds. The Morgan fingerprint density at radius 1 is 1.03 bits per heavy atom. The van der Waals surface area contributed by atoms with Gasteiger partial charge in [0.1, 0.15) is 22.8 Å². The van der Waals surface area contributed by atoms with Gasteiger partial charge in [0, 0.05) is 34.6 Å². The fraction of sp³-hybridized carbons (Fsp3) is 0.300. The number of amides is 2. The number of hydrogen-bond acceptors (Lipinski definition) is 7. The van der Waals surface area contributed by atoms with Crippen LogP contribution < -0.4 is 20.2 Å². The minimum atomic E-state index is -0.397. The van der Waals surface area contributed by atoms with Crippen LogP contribution in [0.1, 0.15) is 57.0 Å². The molecule has 0 atom stereocenters. The molecule has 2 aromatic carbocycles. The Hall–Kier alpha value is -4.53. The van der Waals surface area contributed by atoms with Crippen molar-refractivity contribution in [2.24, 2.45) is 5.10 Å². The number of anilines is 1. The summed E-state index contributed by atoms with van der Waals surface area (Å²) in [6, 6.07) is 9.14. The van der Waals surface area contributed by atoms with Crippen LogP contribution in [0.4, 0.5) is 5.69 Å². The lowest BCUT2D eigenvalue weighted by atomic mass is 9.93. The lowest BCUT2D eigenvalue weighted by Gasteiger charge is -2.13. The van der Waals surface area contributed by atoms with Crippen LogP contribution in [0, 0.1) is 20.8 Å². The maximum absolute atomic E-state index is 13.2. The zero-order valence-corrected chi connectivity index (χ0v) is 22.7. The topological polar surface area (TPSA) is 115 Å². The van der Waals surface area contributed by atoms with Gasteiger partial charge in [0.2, 0.25) is 5.91 Å². The number of ether oxygens (including phenoxy) is 2. The van der Waals surface area contributed by atoms with Gasteiger partial charge in [-0.2, -0.15) is 5.10 Å². The predicted molar refractivity (Wildman–Crippen MR) is 148 cm³/mol. The first kappa shape index (κ1) is 26.1. The Morgan fingerprint density at radius 3 is 2.62 bits per heavy atom. The number of methoxy groups -OCH3 is 2. The van der Waals surface area contributed by atoms with Crippen molar-refractivity contribution < 1.29 is 27.9 Å². The number of benzene rings is 2. The average molecular weight is 530 g/mol. The van der Waals surface area contributed by atoms with E-state index in [4.69, 9.17) is 18.3 Å². The molecule has 2 N–H and O–H groups in total. The monoisotopic (exact) mass is 529 g/mol. The van der Waals surface area contributed by atoms with Gasteiger partial charge in [0.25, 0.3) is 5.91 Å². The third kappa shape index (κ3) is 4.99. The first-order valence-electron chi connectivity index (χ1n) is 12.8. The zero-order valence-electron chi connectivity index (χ0n) is 22.7. The minimum absolute atomic E-state index is 0.140. The van der Waals surface area contributed by atoms with E-state index in [1.165, 1.54) is 7.11 Å². The summed E-state index contributed by atoms with van der Waals surface area (Å²) in [5.41, 5.74) is 9.13.